The third-order valence-corrected chi connectivity index (χ3v) is 5.98. The molecule has 0 bridgehead atoms. The van der Waals surface area contributed by atoms with Gasteiger partial charge in [-0.25, -0.2) is 4.98 Å². The fraction of sp³-hybridized carbons (Fsp3) is 0.500. The lowest BCUT2D eigenvalue weighted by Gasteiger charge is -2.36. The smallest absolute Gasteiger partial charge is 0.227 e. The highest BCUT2D eigenvalue weighted by molar-refractivity contribution is 5.80. The minimum atomic E-state index is -0.0250. The quantitative estimate of drug-likeness (QED) is 0.774. The van der Waals surface area contributed by atoms with Gasteiger partial charge in [0.05, 0.1) is 32.4 Å². The molecule has 3 heterocycles. The maximum atomic E-state index is 13.5. The summed E-state index contributed by atoms with van der Waals surface area (Å²) < 4.78 is 11.0. The van der Waals surface area contributed by atoms with Crippen LogP contribution in [0.2, 0.25) is 0 Å². The number of ether oxygens (including phenoxy) is 2. The van der Waals surface area contributed by atoms with E-state index in [1.807, 2.05) is 23.1 Å². The van der Waals surface area contributed by atoms with Crippen molar-refractivity contribution in [2.24, 2.45) is 5.92 Å². The summed E-state index contributed by atoms with van der Waals surface area (Å²) in [6, 6.07) is 5.84. The van der Waals surface area contributed by atoms with Crippen LogP contribution in [0, 0.1) is 5.92 Å². The fourth-order valence-corrected chi connectivity index (χ4v) is 4.53. The lowest BCUT2D eigenvalue weighted by molar-refractivity contribution is -0.136. The van der Waals surface area contributed by atoms with Crippen molar-refractivity contribution in [3.8, 4) is 11.5 Å². The summed E-state index contributed by atoms with van der Waals surface area (Å²) in [6.07, 6.45) is 8.97. The Balaban J connectivity index is 1.54. The minimum absolute atomic E-state index is 0.0250. The van der Waals surface area contributed by atoms with Gasteiger partial charge in [0.15, 0.2) is 0 Å². The van der Waals surface area contributed by atoms with Crippen molar-refractivity contribution < 1.29 is 14.3 Å². The fourth-order valence-electron chi connectivity index (χ4n) is 4.53. The number of piperidine rings is 1. The predicted molar refractivity (Wildman–Crippen MR) is 110 cm³/mol. The van der Waals surface area contributed by atoms with Crippen LogP contribution in [0.25, 0.3) is 0 Å². The van der Waals surface area contributed by atoms with Crippen molar-refractivity contribution in [1.29, 1.82) is 0 Å². The van der Waals surface area contributed by atoms with Gasteiger partial charge in [0.25, 0.3) is 0 Å². The van der Waals surface area contributed by atoms with Crippen LogP contribution in [0.15, 0.2) is 36.8 Å². The number of benzene rings is 1. The number of amides is 1. The molecule has 29 heavy (non-hydrogen) atoms. The Kier molecular flexibility index (Phi) is 5.83. The summed E-state index contributed by atoms with van der Waals surface area (Å²) in [6.45, 7) is 2.39. The third-order valence-electron chi connectivity index (χ3n) is 5.98. The van der Waals surface area contributed by atoms with Gasteiger partial charge in [0, 0.05) is 37.6 Å². The second-order valence-corrected chi connectivity index (χ2v) is 7.65. The number of anilines is 1. The predicted octanol–water partition coefficient (Wildman–Crippen LogP) is 3.07. The van der Waals surface area contributed by atoms with Crippen LogP contribution in [-0.2, 0) is 4.79 Å². The van der Waals surface area contributed by atoms with Gasteiger partial charge in [-0.2, -0.15) is 0 Å². The molecule has 4 rings (SSSR count). The normalized spacial score (nSPS) is 21.9. The third kappa shape index (κ3) is 3.99. The molecular formula is C22H28N4O3. The lowest BCUT2D eigenvalue weighted by Crippen LogP contribution is -2.45. The lowest BCUT2D eigenvalue weighted by atomic mass is 9.95. The summed E-state index contributed by atoms with van der Waals surface area (Å²) in [4.78, 5) is 26.3. The summed E-state index contributed by atoms with van der Waals surface area (Å²) in [5.41, 5.74) is 1.03. The first kappa shape index (κ1) is 19.5. The van der Waals surface area contributed by atoms with Crippen LogP contribution in [0.1, 0.15) is 37.3 Å². The number of aromatic nitrogens is 2. The van der Waals surface area contributed by atoms with Gasteiger partial charge in [0.1, 0.15) is 17.3 Å². The van der Waals surface area contributed by atoms with E-state index in [2.05, 4.69) is 14.9 Å². The van der Waals surface area contributed by atoms with E-state index in [1.165, 1.54) is 0 Å². The number of carbonyl (C=O) groups excluding carboxylic acids is 1. The number of hydrogen-bond acceptors (Lipinski definition) is 6. The minimum Gasteiger partial charge on any atom is -0.497 e. The van der Waals surface area contributed by atoms with E-state index in [9.17, 15) is 4.79 Å². The van der Waals surface area contributed by atoms with Crippen molar-refractivity contribution >= 4 is 11.7 Å². The van der Waals surface area contributed by atoms with Crippen molar-refractivity contribution in [1.82, 2.24) is 14.9 Å². The van der Waals surface area contributed by atoms with Crippen LogP contribution < -0.4 is 14.4 Å². The molecule has 0 radical (unpaired) electrons. The van der Waals surface area contributed by atoms with Crippen molar-refractivity contribution in [2.75, 3.05) is 38.8 Å². The maximum Gasteiger partial charge on any atom is 0.227 e. The van der Waals surface area contributed by atoms with Crippen molar-refractivity contribution in [3.63, 3.8) is 0 Å². The highest BCUT2D eigenvalue weighted by Crippen LogP contribution is 2.40. The molecule has 1 aromatic heterocycles. The van der Waals surface area contributed by atoms with Gasteiger partial charge in [-0.05, 0) is 43.9 Å². The second kappa shape index (κ2) is 8.68. The van der Waals surface area contributed by atoms with Crippen LogP contribution in [0.3, 0.4) is 0 Å². The Morgan fingerprint density at radius 2 is 1.97 bits per heavy atom. The second-order valence-electron chi connectivity index (χ2n) is 7.65. The molecule has 2 unspecified atom stereocenters. The Morgan fingerprint density at radius 1 is 1.10 bits per heavy atom. The Bertz CT molecular complexity index is 845. The maximum absolute atomic E-state index is 13.5. The first-order chi connectivity index (χ1) is 14.2. The molecule has 0 aliphatic carbocycles. The van der Waals surface area contributed by atoms with Gasteiger partial charge >= 0.3 is 0 Å². The van der Waals surface area contributed by atoms with Crippen molar-refractivity contribution in [2.45, 2.75) is 31.7 Å². The molecule has 0 spiro atoms. The molecule has 1 aromatic carbocycles. The average molecular weight is 396 g/mol. The molecule has 7 heteroatoms. The van der Waals surface area contributed by atoms with Crippen LogP contribution in [-0.4, -0.2) is 54.6 Å². The van der Waals surface area contributed by atoms with E-state index in [0.717, 1.165) is 61.7 Å². The first-order valence-corrected chi connectivity index (χ1v) is 10.2. The molecule has 2 fully saturated rings. The largest absolute Gasteiger partial charge is 0.497 e. The molecular weight excluding hydrogens is 368 g/mol. The molecule has 7 nitrogen and oxygen atoms in total. The van der Waals surface area contributed by atoms with E-state index < -0.39 is 0 Å². The van der Waals surface area contributed by atoms with Crippen LogP contribution in [0.5, 0.6) is 11.5 Å². The van der Waals surface area contributed by atoms with Gasteiger partial charge in [0.2, 0.25) is 5.91 Å². The summed E-state index contributed by atoms with van der Waals surface area (Å²) in [5.74, 6) is 2.64. The van der Waals surface area contributed by atoms with E-state index in [-0.39, 0.29) is 17.9 Å². The van der Waals surface area contributed by atoms with Gasteiger partial charge in [-0.15, -0.1) is 0 Å². The van der Waals surface area contributed by atoms with E-state index in [0.29, 0.717) is 6.54 Å². The highest BCUT2D eigenvalue weighted by Gasteiger charge is 2.37. The molecule has 1 amide bonds. The van der Waals surface area contributed by atoms with E-state index >= 15 is 0 Å². The monoisotopic (exact) mass is 396 g/mol. The van der Waals surface area contributed by atoms with Gasteiger partial charge in [-0.1, -0.05) is 0 Å². The van der Waals surface area contributed by atoms with E-state index in [4.69, 9.17) is 9.47 Å². The zero-order valence-corrected chi connectivity index (χ0v) is 17.1. The number of hydrogen-bond donors (Lipinski definition) is 0. The molecule has 2 atom stereocenters. The number of nitrogens with zero attached hydrogens (tertiary/aromatic N) is 4. The number of carbonyl (C=O) groups is 1. The van der Waals surface area contributed by atoms with Crippen molar-refractivity contribution in [3.05, 3.63) is 42.4 Å². The zero-order valence-electron chi connectivity index (χ0n) is 17.1. The summed E-state index contributed by atoms with van der Waals surface area (Å²) >= 11 is 0. The number of rotatable bonds is 5. The van der Waals surface area contributed by atoms with Gasteiger partial charge < -0.3 is 19.3 Å². The average Bonchev–Trinajstić information content (AvgIpc) is 3.28. The number of methoxy groups -OCH3 is 2. The zero-order chi connectivity index (χ0) is 20.2. The number of likely N-dealkylation sites (tertiary alicyclic amines) is 1. The summed E-state index contributed by atoms with van der Waals surface area (Å²) in [5, 5.41) is 0. The molecule has 0 saturated carbocycles. The summed E-state index contributed by atoms with van der Waals surface area (Å²) in [7, 11) is 3.33. The molecule has 2 aliphatic heterocycles. The molecule has 2 aromatic rings. The molecule has 0 N–H and O–H groups in total. The van der Waals surface area contributed by atoms with Gasteiger partial charge in [-0.3, -0.25) is 9.78 Å². The Labute approximate surface area is 171 Å². The SMILES string of the molecule is COc1ccc(OC)c(C2CCCN2C(=O)C2CCCN(c3cnccn3)C2)c1. The Hall–Kier alpha value is -2.83. The first-order valence-electron chi connectivity index (χ1n) is 10.2. The molecule has 154 valence electrons. The molecule has 2 saturated heterocycles. The topological polar surface area (TPSA) is 67.8 Å². The highest BCUT2D eigenvalue weighted by atomic mass is 16.5. The van der Waals surface area contributed by atoms with E-state index in [1.54, 1.807) is 32.8 Å². The Morgan fingerprint density at radius 3 is 2.72 bits per heavy atom. The molecule has 2 aliphatic rings. The van der Waals surface area contributed by atoms with Crippen LogP contribution in [0.4, 0.5) is 5.82 Å². The van der Waals surface area contributed by atoms with Crippen LogP contribution >= 0.6 is 0 Å². The standard InChI is InChI=1S/C22H28N4O3/c1-28-17-7-8-20(29-2)18(13-17)19-6-4-12-26(19)22(27)16-5-3-11-25(15-16)21-14-23-9-10-24-21/h7-10,13-14,16,19H,3-6,11-12,15H2,1-2H3.